The Labute approximate surface area is 165 Å². The molecule has 0 spiro atoms. The average Bonchev–Trinajstić information content (AvgIpc) is 2.59. The van der Waals surface area contributed by atoms with Crippen molar-refractivity contribution in [3.8, 4) is 5.75 Å². The molecule has 4 nitrogen and oxygen atoms in total. The lowest BCUT2D eigenvalue weighted by Gasteiger charge is -2.31. The molecule has 0 aliphatic carbocycles. The summed E-state index contributed by atoms with van der Waals surface area (Å²) in [6.45, 7) is 7.60. The summed E-state index contributed by atoms with van der Waals surface area (Å²) >= 11 is 0. The number of aliphatic hydroxyl groups is 1. The second-order valence-electron chi connectivity index (χ2n) is 6.76. The van der Waals surface area contributed by atoms with Gasteiger partial charge in [-0.05, 0) is 12.5 Å². The third-order valence-electron chi connectivity index (χ3n) is 4.96. The van der Waals surface area contributed by atoms with E-state index in [4.69, 9.17) is 4.74 Å². The van der Waals surface area contributed by atoms with E-state index in [-0.39, 0.29) is 30.9 Å². The summed E-state index contributed by atoms with van der Waals surface area (Å²) in [6, 6.07) is 8.33. The first-order valence-electron chi connectivity index (χ1n) is 9.24. The zero-order chi connectivity index (χ0) is 16.5. The first kappa shape index (κ1) is 24.5. The molecular weight excluding hydrogens is 359 g/mol. The van der Waals surface area contributed by atoms with Gasteiger partial charge in [0.2, 0.25) is 0 Å². The maximum Gasteiger partial charge on any atom is 0.179 e. The predicted molar refractivity (Wildman–Crippen MR) is 93.7 cm³/mol. The molecular formula is C19H34Cl2N2O2. The molecule has 0 saturated carbocycles. The number of aliphatic hydroxyl groups excluding tert-OH is 1. The van der Waals surface area contributed by atoms with Crippen LogP contribution in [0.5, 0.6) is 5.75 Å². The zero-order valence-corrected chi connectivity index (χ0v) is 17.1. The normalized spacial score (nSPS) is 20.9. The molecule has 1 heterocycles. The minimum atomic E-state index is -0.130. The van der Waals surface area contributed by atoms with Crippen molar-refractivity contribution in [2.75, 3.05) is 39.8 Å². The highest BCUT2D eigenvalue weighted by atomic mass is 35.5. The van der Waals surface area contributed by atoms with Gasteiger partial charge in [0.25, 0.3) is 0 Å². The van der Waals surface area contributed by atoms with Gasteiger partial charge in [-0.15, -0.1) is 0 Å². The summed E-state index contributed by atoms with van der Waals surface area (Å²) in [7, 11) is 1.74. The van der Waals surface area contributed by atoms with Crippen LogP contribution in [0.4, 0.5) is 5.69 Å². The fourth-order valence-electron chi connectivity index (χ4n) is 3.56. The molecule has 3 N–H and O–H groups in total. The van der Waals surface area contributed by atoms with E-state index < -0.39 is 0 Å². The van der Waals surface area contributed by atoms with Gasteiger partial charge in [-0.3, -0.25) is 4.90 Å². The van der Waals surface area contributed by atoms with Crippen molar-refractivity contribution in [1.29, 1.82) is 0 Å². The van der Waals surface area contributed by atoms with Gasteiger partial charge in [-0.1, -0.05) is 44.7 Å². The number of hydrogen-bond donors (Lipinski definition) is 3. The molecule has 6 heteroatoms. The van der Waals surface area contributed by atoms with Crippen LogP contribution in [0, 0.1) is 0 Å². The van der Waals surface area contributed by atoms with Crippen molar-refractivity contribution in [2.24, 2.45) is 0 Å². The van der Waals surface area contributed by atoms with E-state index in [9.17, 15) is 5.11 Å². The van der Waals surface area contributed by atoms with Crippen LogP contribution in [0.2, 0.25) is 0 Å². The molecule has 1 aromatic rings. The Hall–Kier alpha value is -0.520. The minimum absolute atomic E-state index is 0. The quantitative estimate of drug-likeness (QED) is 0.367. The van der Waals surface area contributed by atoms with Crippen molar-refractivity contribution in [2.45, 2.75) is 45.1 Å². The van der Waals surface area contributed by atoms with Crippen molar-refractivity contribution in [1.82, 2.24) is 0 Å². The standard InChI is InChI=1S/C19H32N2O2.2ClH/c1-3-4-5-6-9-17(22)16-20-12-14-21(15-13-20)18-10-7-8-11-19(18)23-2;;/h7-8,10-11,17,22H,3-6,9,12-16H2,1-2H3;2*1H. The minimum Gasteiger partial charge on any atom is -1.00 e. The van der Waals surface area contributed by atoms with Gasteiger partial charge < -0.3 is 39.6 Å². The molecule has 0 amide bonds. The molecule has 2 rings (SSSR count). The van der Waals surface area contributed by atoms with E-state index in [0.29, 0.717) is 0 Å². The topological polar surface area (TPSA) is 38.3 Å². The van der Waals surface area contributed by atoms with E-state index in [1.165, 1.54) is 36.3 Å². The van der Waals surface area contributed by atoms with Crippen LogP contribution < -0.4 is 39.4 Å². The molecule has 146 valence electrons. The number of nitrogens with one attached hydrogen (secondary N) is 2. The van der Waals surface area contributed by atoms with Crippen molar-refractivity contribution in [3.05, 3.63) is 24.3 Å². The Morgan fingerprint density at radius 1 is 1.04 bits per heavy atom. The second-order valence-corrected chi connectivity index (χ2v) is 6.76. The van der Waals surface area contributed by atoms with Gasteiger partial charge in [0.15, 0.2) is 11.4 Å². The smallest absolute Gasteiger partial charge is 0.179 e. The lowest BCUT2D eigenvalue weighted by atomic mass is 10.1. The molecule has 25 heavy (non-hydrogen) atoms. The first-order valence-corrected chi connectivity index (χ1v) is 9.24. The van der Waals surface area contributed by atoms with E-state index in [2.05, 4.69) is 19.1 Å². The van der Waals surface area contributed by atoms with Crippen molar-refractivity contribution < 1.29 is 44.5 Å². The van der Waals surface area contributed by atoms with Crippen molar-refractivity contribution >= 4 is 5.69 Å². The highest BCUT2D eigenvalue weighted by Crippen LogP contribution is 2.18. The summed E-state index contributed by atoms with van der Waals surface area (Å²) < 4.78 is 5.49. The SMILES string of the molecule is CCCCCCC(O)C[NH+]1CC[NH+](c2ccccc2OC)CC1.[Cl-].[Cl-]. The Kier molecular flexibility index (Phi) is 13.4. The van der Waals surface area contributed by atoms with Crippen LogP contribution in [-0.4, -0.2) is 51.0 Å². The van der Waals surface area contributed by atoms with Crippen LogP contribution >= 0.6 is 0 Å². The number of methoxy groups -OCH3 is 1. The van der Waals surface area contributed by atoms with Gasteiger partial charge in [-0.25, -0.2) is 0 Å². The number of para-hydroxylation sites is 2. The molecule has 0 aromatic heterocycles. The summed E-state index contributed by atoms with van der Waals surface area (Å²) in [5.41, 5.74) is 1.27. The third-order valence-corrected chi connectivity index (χ3v) is 4.96. The van der Waals surface area contributed by atoms with Crippen LogP contribution in [0.1, 0.15) is 39.0 Å². The van der Waals surface area contributed by atoms with Crippen LogP contribution in [-0.2, 0) is 0 Å². The molecule has 1 atom stereocenters. The maximum atomic E-state index is 10.2. The number of benzene rings is 1. The lowest BCUT2D eigenvalue weighted by Crippen LogP contribution is -3.26. The highest BCUT2D eigenvalue weighted by molar-refractivity contribution is 5.45. The molecule has 1 aromatic carbocycles. The maximum absolute atomic E-state index is 10.2. The monoisotopic (exact) mass is 392 g/mol. The summed E-state index contributed by atoms with van der Waals surface area (Å²) in [5.74, 6) is 0.988. The molecule has 1 unspecified atom stereocenters. The van der Waals surface area contributed by atoms with E-state index in [1.54, 1.807) is 12.0 Å². The molecule has 1 saturated heterocycles. The Bertz CT molecular complexity index is 455. The van der Waals surface area contributed by atoms with E-state index in [1.807, 2.05) is 12.1 Å². The zero-order valence-electron chi connectivity index (χ0n) is 15.6. The number of quaternary nitrogens is 2. The number of ether oxygens (including phenoxy) is 1. The number of piperazine rings is 1. The predicted octanol–water partition coefficient (Wildman–Crippen LogP) is -5.55. The number of unbranched alkanes of at least 4 members (excludes halogenated alkanes) is 3. The van der Waals surface area contributed by atoms with E-state index in [0.717, 1.165) is 44.9 Å². The Balaban J connectivity index is 0.00000288. The van der Waals surface area contributed by atoms with Crippen molar-refractivity contribution in [3.63, 3.8) is 0 Å². The lowest BCUT2D eigenvalue weighted by molar-refractivity contribution is -0.988. The Morgan fingerprint density at radius 2 is 1.72 bits per heavy atom. The fourth-order valence-corrected chi connectivity index (χ4v) is 3.56. The van der Waals surface area contributed by atoms with Gasteiger partial charge in [0.1, 0.15) is 38.8 Å². The first-order chi connectivity index (χ1) is 11.2. The number of rotatable bonds is 9. The summed E-state index contributed by atoms with van der Waals surface area (Å²) in [6.07, 6.45) is 5.81. The van der Waals surface area contributed by atoms with Crippen LogP contribution in [0.15, 0.2) is 24.3 Å². The van der Waals surface area contributed by atoms with Gasteiger partial charge in [0.05, 0.1) is 7.11 Å². The third kappa shape index (κ3) is 8.14. The average molecular weight is 393 g/mol. The molecule has 0 radical (unpaired) electrons. The molecule has 0 bridgehead atoms. The molecule has 1 aliphatic heterocycles. The Morgan fingerprint density at radius 3 is 2.36 bits per heavy atom. The molecule has 1 fully saturated rings. The van der Waals surface area contributed by atoms with Gasteiger partial charge in [0, 0.05) is 6.07 Å². The summed E-state index contributed by atoms with van der Waals surface area (Å²) in [4.78, 5) is 3.05. The van der Waals surface area contributed by atoms with Crippen LogP contribution in [0.25, 0.3) is 0 Å². The highest BCUT2D eigenvalue weighted by Gasteiger charge is 2.27. The second kappa shape index (κ2) is 13.7. The summed E-state index contributed by atoms with van der Waals surface area (Å²) in [5, 5.41) is 10.2. The van der Waals surface area contributed by atoms with Gasteiger partial charge >= 0.3 is 0 Å². The molecule has 1 aliphatic rings. The van der Waals surface area contributed by atoms with E-state index >= 15 is 0 Å². The number of halogens is 2. The fraction of sp³-hybridized carbons (Fsp3) is 0.684. The van der Waals surface area contributed by atoms with Gasteiger partial charge in [-0.2, -0.15) is 0 Å². The van der Waals surface area contributed by atoms with Crippen LogP contribution in [0.3, 0.4) is 0 Å². The largest absolute Gasteiger partial charge is 1.00 e. The number of hydrogen-bond acceptors (Lipinski definition) is 2.